The summed E-state index contributed by atoms with van der Waals surface area (Å²) in [6.07, 6.45) is 2.41. The smallest absolute Gasteiger partial charge is 0.200 e. The Morgan fingerprint density at radius 1 is 1.00 bits per heavy atom. The topological polar surface area (TPSA) is 21.3 Å². The minimum Gasteiger partial charge on any atom is -0.414 e. The summed E-state index contributed by atoms with van der Waals surface area (Å²) in [5.41, 5.74) is 3.35. The molecule has 1 saturated heterocycles. The molecule has 1 aromatic carbocycles. The summed E-state index contributed by atoms with van der Waals surface area (Å²) in [5, 5.41) is 3.80. The molecule has 0 radical (unpaired) electrons. The molecule has 4 heteroatoms. The van der Waals surface area contributed by atoms with Crippen molar-refractivity contribution < 1.29 is 4.43 Å². The van der Waals surface area contributed by atoms with Crippen molar-refractivity contribution in [2.75, 3.05) is 6.61 Å². The van der Waals surface area contributed by atoms with Gasteiger partial charge in [-0.15, -0.1) is 0 Å². The van der Waals surface area contributed by atoms with E-state index >= 15 is 0 Å². The van der Waals surface area contributed by atoms with E-state index in [-0.39, 0.29) is 0 Å². The summed E-state index contributed by atoms with van der Waals surface area (Å²) in [5.74, 6) is 0. The second kappa shape index (κ2) is 8.48. The first-order valence-corrected chi connectivity index (χ1v) is 12.4. The number of benzene rings is 1. The van der Waals surface area contributed by atoms with Gasteiger partial charge in [0.25, 0.3) is 0 Å². The Morgan fingerprint density at radius 2 is 1.54 bits per heavy atom. The zero-order valence-electron chi connectivity index (χ0n) is 16.1. The van der Waals surface area contributed by atoms with Gasteiger partial charge < -0.3 is 9.74 Å². The second-order valence-corrected chi connectivity index (χ2v) is 14.5. The Hall–Kier alpha value is -0.163. The Labute approximate surface area is 158 Å². The van der Waals surface area contributed by atoms with Crippen LogP contribution in [-0.2, 0) is 4.43 Å². The van der Waals surface area contributed by atoms with Crippen LogP contribution in [0, 0.1) is 0 Å². The standard InChI is InChI=1S/C20H34BrNOSi/c1-14(2)24(15(3)4,16(5)6)23-13-19-11-12-20(22-19)17-7-9-18(21)10-8-17/h7-10,14-16,19-20,22H,11-13H2,1-6H3/t19-,20?/m0/s1. The van der Waals surface area contributed by atoms with E-state index in [1.165, 1.54) is 18.4 Å². The molecule has 1 aliphatic heterocycles. The third-order valence-electron chi connectivity index (χ3n) is 5.75. The van der Waals surface area contributed by atoms with Gasteiger partial charge in [-0.2, -0.15) is 0 Å². The van der Waals surface area contributed by atoms with Crippen LogP contribution < -0.4 is 5.32 Å². The molecule has 0 amide bonds. The molecule has 24 heavy (non-hydrogen) atoms. The molecule has 1 fully saturated rings. The maximum atomic E-state index is 6.77. The third-order valence-corrected chi connectivity index (χ3v) is 12.4. The fourth-order valence-corrected chi connectivity index (χ4v) is 10.4. The van der Waals surface area contributed by atoms with E-state index in [0.717, 1.165) is 11.1 Å². The monoisotopic (exact) mass is 411 g/mol. The van der Waals surface area contributed by atoms with Gasteiger partial charge in [-0.05, 0) is 47.2 Å². The Bertz CT molecular complexity index is 493. The number of hydrogen-bond acceptors (Lipinski definition) is 2. The van der Waals surface area contributed by atoms with Gasteiger partial charge >= 0.3 is 0 Å². The van der Waals surface area contributed by atoms with Crippen LogP contribution >= 0.6 is 15.9 Å². The molecule has 1 aliphatic rings. The zero-order valence-corrected chi connectivity index (χ0v) is 18.7. The molecule has 1 unspecified atom stereocenters. The van der Waals surface area contributed by atoms with Crippen molar-refractivity contribution in [1.29, 1.82) is 0 Å². The van der Waals surface area contributed by atoms with Crippen molar-refractivity contribution in [3.63, 3.8) is 0 Å². The van der Waals surface area contributed by atoms with Crippen molar-refractivity contribution in [3.05, 3.63) is 34.3 Å². The van der Waals surface area contributed by atoms with E-state index in [9.17, 15) is 0 Å². The van der Waals surface area contributed by atoms with Gasteiger partial charge in [0, 0.05) is 23.2 Å². The molecular weight excluding hydrogens is 378 g/mol. The molecule has 1 aromatic rings. The maximum absolute atomic E-state index is 6.77. The summed E-state index contributed by atoms with van der Waals surface area (Å²) in [6, 6.07) is 9.67. The molecule has 2 atom stereocenters. The van der Waals surface area contributed by atoms with Crippen LogP contribution in [0.5, 0.6) is 0 Å². The molecule has 0 aliphatic carbocycles. The molecule has 0 bridgehead atoms. The SMILES string of the molecule is CC(C)[Si](OC[C@@H]1CCC(c2ccc(Br)cc2)N1)(C(C)C)C(C)C. The van der Waals surface area contributed by atoms with Crippen LogP contribution in [0.15, 0.2) is 28.7 Å². The first-order chi connectivity index (χ1) is 11.3. The summed E-state index contributed by atoms with van der Waals surface area (Å²) in [6.45, 7) is 15.0. The summed E-state index contributed by atoms with van der Waals surface area (Å²) >= 11 is 3.52. The lowest BCUT2D eigenvalue weighted by atomic mass is 10.1. The van der Waals surface area contributed by atoms with Gasteiger partial charge in [0.1, 0.15) is 0 Å². The van der Waals surface area contributed by atoms with Crippen molar-refractivity contribution in [1.82, 2.24) is 5.32 Å². The molecule has 0 aromatic heterocycles. The van der Waals surface area contributed by atoms with Crippen molar-refractivity contribution >= 4 is 24.2 Å². The lowest BCUT2D eigenvalue weighted by Crippen LogP contribution is -2.49. The Balaban J connectivity index is 1.98. The van der Waals surface area contributed by atoms with Gasteiger partial charge in [-0.3, -0.25) is 0 Å². The van der Waals surface area contributed by atoms with Gasteiger partial charge in [-0.25, -0.2) is 0 Å². The van der Waals surface area contributed by atoms with Crippen LogP contribution in [0.25, 0.3) is 0 Å². The van der Waals surface area contributed by atoms with E-state index in [2.05, 4.69) is 87.1 Å². The average Bonchev–Trinajstić information content (AvgIpc) is 2.96. The summed E-state index contributed by atoms with van der Waals surface area (Å²) in [7, 11) is -1.75. The highest BCUT2D eigenvalue weighted by Gasteiger charge is 2.45. The highest BCUT2D eigenvalue weighted by Crippen LogP contribution is 2.42. The minimum absolute atomic E-state index is 0.472. The van der Waals surface area contributed by atoms with Crippen molar-refractivity contribution in [2.24, 2.45) is 0 Å². The van der Waals surface area contributed by atoms with E-state index in [0.29, 0.717) is 28.7 Å². The van der Waals surface area contributed by atoms with Crippen LogP contribution in [0.4, 0.5) is 0 Å². The first kappa shape index (κ1) is 20.2. The quantitative estimate of drug-likeness (QED) is 0.521. The fraction of sp³-hybridized carbons (Fsp3) is 0.700. The van der Waals surface area contributed by atoms with Gasteiger partial charge in [0.2, 0.25) is 0 Å². The highest BCUT2D eigenvalue weighted by molar-refractivity contribution is 9.10. The average molecular weight is 412 g/mol. The summed E-state index contributed by atoms with van der Waals surface area (Å²) in [4.78, 5) is 0. The lowest BCUT2D eigenvalue weighted by molar-refractivity contribution is 0.242. The highest BCUT2D eigenvalue weighted by atomic mass is 79.9. The zero-order chi connectivity index (χ0) is 17.9. The molecule has 1 heterocycles. The third kappa shape index (κ3) is 4.32. The Morgan fingerprint density at radius 3 is 2.04 bits per heavy atom. The van der Waals surface area contributed by atoms with Crippen LogP contribution in [0.1, 0.15) is 66.0 Å². The normalized spacial score (nSPS) is 22.1. The minimum atomic E-state index is -1.75. The second-order valence-electron chi connectivity index (χ2n) is 8.17. The molecule has 1 N–H and O–H groups in total. The molecule has 2 nitrogen and oxygen atoms in total. The molecule has 2 rings (SSSR count). The van der Waals surface area contributed by atoms with E-state index < -0.39 is 8.32 Å². The number of hydrogen-bond donors (Lipinski definition) is 1. The molecule has 136 valence electrons. The van der Waals surface area contributed by atoms with E-state index in [1.807, 2.05) is 0 Å². The van der Waals surface area contributed by atoms with Crippen LogP contribution in [0.3, 0.4) is 0 Å². The number of rotatable bonds is 7. The fourth-order valence-electron chi connectivity index (χ4n) is 4.65. The maximum Gasteiger partial charge on any atom is 0.200 e. The van der Waals surface area contributed by atoms with E-state index in [4.69, 9.17) is 4.43 Å². The molecular formula is C20H34BrNOSi. The number of halogens is 1. The molecule has 0 spiro atoms. The Kier molecular flexibility index (Phi) is 7.12. The van der Waals surface area contributed by atoms with E-state index in [1.54, 1.807) is 0 Å². The van der Waals surface area contributed by atoms with Crippen molar-refractivity contribution in [3.8, 4) is 0 Å². The van der Waals surface area contributed by atoms with Crippen LogP contribution in [-0.4, -0.2) is 21.0 Å². The van der Waals surface area contributed by atoms with Gasteiger partial charge in [0.15, 0.2) is 8.32 Å². The largest absolute Gasteiger partial charge is 0.414 e. The van der Waals surface area contributed by atoms with Crippen LogP contribution in [0.2, 0.25) is 16.6 Å². The summed E-state index contributed by atoms with van der Waals surface area (Å²) < 4.78 is 7.91. The number of nitrogens with one attached hydrogen (secondary N) is 1. The molecule has 0 saturated carbocycles. The lowest BCUT2D eigenvalue weighted by Gasteiger charge is -2.42. The van der Waals surface area contributed by atoms with Gasteiger partial charge in [-0.1, -0.05) is 69.6 Å². The van der Waals surface area contributed by atoms with Crippen molar-refractivity contribution in [2.45, 2.75) is 83.1 Å². The van der Waals surface area contributed by atoms with Gasteiger partial charge in [0.05, 0.1) is 0 Å². The first-order valence-electron chi connectivity index (χ1n) is 9.42. The predicted octanol–water partition coefficient (Wildman–Crippen LogP) is 6.43. The predicted molar refractivity (Wildman–Crippen MR) is 110 cm³/mol.